The topological polar surface area (TPSA) is 81.1 Å². The molecule has 0 unspecified atom stereocenters. The Hall–Kier alpha value is -3.14. The summed E-state index contributed by atoms with van der Waals surface area (Å²) in [6.07, 6.45) is 2.07. The highest BCUT2D eigenvalue weighted by Crippen LogP contribution is 2.53. The zero-order valence-electron chi connectivity index (χ0n) is 18.3. The molecule has 0 radical (unpaired) electrons. The molecule has 5 nitrogen and oxygen atoms in total. The van der Waals surface area contributed by atoms with Crippen LogP contribution in [0.15, 0.2) is 36.4 Å². The van der Waals surface area contributed by atoms with E-state index in [1.165, 1.54) is 6.07 Å². The van der Waals surface area contributed by atoms with Gasteiger partial charge in [-0.2, -0.15) is 0 Å². The van der Waals surface area contributed by atoms with Gasteiger partial charge in [0, 0.05) is 23.0 Å². The second-order valence-corrected chi connectivity index (χ2v) is 9.69. The number of amides is 1. The lowest BCUT2D eigenvalue weighted by molar-refractivity contribution is 0.0994. The van der Waals surface area contributed by atoms with Crippen molar-refractivity contribution < 1.29 is 14.3 Å². The number of halogens is 2. The average molecular weight is 464 g/mol. The highest BCUT2D eigenvalue weighted by atomic mass is 35.5. The molecule has 1 fully saturated rings. The number of nitrogens with two attached hydrogens (primary N) is 1. The number of hydrogen-bond donors (Lipinski definition) is 2. The van der Waals surface area contributed by atoms with Crippen molar-refractivity contribution in [3.8, 4) is 23.2 Å². The van der Waals surface area contributed by atoms with Gasteiger partial charge < -0.3 is 15.4 Å². The summed E-state index contributed by atoms with van der Waals surface area (Å²) in [5.74, 6) is 5.19. The number of aliphatic hydroxyl groups is 1. The molecule has 168 valence electrons. The molecule has 6 rings (SSSR count). The van der Waals surface area contributed by atoms with E-state index in [0.29, 0.717) is 17.3 Å². The largest absolute Gasteiger partial charge is 0.378 e. The van der Waals surface area contributed by atoms with Crippen molar-refractivity contribution in [3.05, 3.63) is 75.3 Å². The van der Waals surface area contributed by atoms with Crippen molar-refractivity contribution in [2.45, 2.75) is 50.7 Å². The van der Waals surface area contributed by atoms with Crippen LogP contribution in [0.5, 0.6) is 0 Å². The summed E-state index contributed by atoms with van der Waals surface area (Å²) < 4.78 is 17.0. The van der Waals surface area contributed by atoms with Crippen LogP contribution in [-0.4, -0.2) is 26.2 Å². The fourth-order valence-electron chi connectivity index (χ4n) is 4.73. The van der Waals surface area contributed by atoms with Gasteiger partial charge in [0.15, 0.2) is 0 Å². The number of benzene rings is 2. The van der Waals surface area contributed by atoms with E-state index in [2.05, 4.69) is 21.4 Å². The van der Waals surface area contributed by atoms with Crippen LogP contribution >= 0.6 is 11.6 Å². The minimum absolute atomic E-state index is 0.143. The molecular formula is C26H23ClFN3O2. The van der Waals surface area contributed by atoms with E-state index in [0.717, 1.165) is 35.2 Å². The van der Waals surface area contributed by atoms with Crippen LogP contribution in [0.4, 0.5) is 4.39 Å². The number of hydrogen-bond acceptors (Lipinski definition) is 3. The van der Waals surface area contributed by atoms with Gasteiger partial charge in [0.05, 0.1) is 11.3 Å². The maximum Gasteiger partial charge on any atom is 0.269 e. The summed E-state index contributed by atoms with van der Waals surface area (Å²) in [6, 6.07) is 10.8. The van der Waals surface area contributed by atoms with Crippen molar-refractivity contribution in [2.24, 2.45) is 5.73 Å². The van der Waals surface area contributed by atoms with Crippen molar-refractivity contribution in [3.63, 3.8) is 0 Å². The molecule has 3 N–H and O–H groups in total. The van der Waals surface area contributed by atoms with Crippen LogP contribution in [0.2, 0.25) is 5.02 Å². The Morgan fingerprint density at radius 1 is 1.33 bits per heavy atom. The molecule has 3 aliphatic rings. The Balaban J connectivity index is 1.71. The third-order valence-electron chi connectivity index (χ3n) is 6.36. The van der Waals surface area contributed by atoms with Gasteiger partial charge in [-0.3, -0.25) is 4.79 Å². The summed E-state index contributed by atoms with van der Waals surface area (Å²) in [6.45, 7) is 3.09. The first-order valence-electron chi connectivity index (χ1n) is 10.9. The van der Waals surface area contributed by atoms with Crippen LogP contribution in [-0.2, 0) is 6.42 Å². The number of carbonyl (C=O) groups is 1. The van der Waals surface area contributed by atoms with E-state index in [1.54, 1.807) is 19.9 Å². The van der Waals surface area contributed by atoms with E-state index in [1.807, 2.05) is 24.3 Å². The van der Waals surface area contributed by atoms with Gasteiger partial charge in [-0.15, -0.1) is 0 Å². The highest BCUT2D eigenvalue weighted by Gasteiger charge is 2.41. The van der Waals surface area contributed by atoms with E-state index >= 15 is 0 Å². The van der Waals surface area contributed by atoms with Crippen molar-refractivity contribution in [1.82, 2.24) is 9.55 Å². The molecule has 1 amide bonds. The molecule has 3 aromatic rings. The van der Waals surface area contributed by atoms with E-state index in [9.17, 15) is 14.3 Å². The molecule has 1 aliphatic carbocycles. The first kappa shape index (κ1) is 21.7. The Morgan fingerprint density at radius 3 is 2.73 bits per heavy atom. The Bertz CT molecular complexity index is 1350. The third-order valence-corrected chi connectivity index (χ3v) is 6.73. The summed E-state index contributed by atoms with van der Waals surface area (Å²) in [5, 5.41) is 10.6. The fourth-order valence-corrected chi connectivity index (χ4v) is 4.93. The molecule has 1 saturated carbocycles. The summed E-state index contributed by atoms with van der Waals surface area (Å²) in [5.41, 5.74) is 8.06. The van der Waals surface area contributed by atoms with Crippen molar-refractivity contribution >= 4 is 17.5 Å². The maximum absolute atomic E-state index is 14.9. The monoisotopic (exact) mass is 463 g/mol. The standard InChI is InChI=1S/C26H23ClFN3O2/c1-26(2,33)8-7-15-11-19-18(13-21(15)28)16-9-17(10-16)31-22(23(24(29)32)30-25(19)31)12-14-5-3-4-6-20(14)27/h3-6,11,13,16-17,33H,9-10,12H2,1-2H3,(H2,29,32). The minimum atomic E-state index is -1.25. The van der Waals surface area contributed by atoms with Gasteiger partial charge in [-0.1, -0.05) is 41.6 Å². The Labute approximate surface area is 196 Å². The summed E-state index contributed by atoms with van der Waals surface area (Å²) in [4.78, 5) is 17.0. The smallest absolute Gasteiger partial charge is 0.269 e. The van der Waals surface area contributed by atoms with Crippen molar-refractivity contribution in [2.75, 3.05) is 0 Å². The van der Waals surface area contributed by atoms with E-state index in [-0.39, 0.29) is 23.2 Å². The van der Waals surface area contributed by atoms with E-state index < -0.39 is 17.3 Å². The van der Waals surface area contributed by atoms with Crippen LogP contribution in [0, 0.1) is 17.7 Å². The van der Waals surface area contributed by atoms with Crippen LogP contribution < -0.4 is 5.73 Å². The fraction of sp³-hybridized carbons (Fsp3) is 0.308. The number of imidazole rings is 1. The SMILES string of the molecule is CC(C)(O)C#Cc1cc2c(cc1F)C1CC(C1)n1c-2nc(C(N)=O)c1Cc1ccccc1Cl. The number of rotatable bonds is 3. The number of primary amides is 1. The second kappa shape index (κ2) is 7.72. The predicted octanol–water partition coefficient (Wildman–Crippen LogP) is 4.59. The van der Waals surface area contributed by atoms with Crippen molar-refractivity contribution in [1.29, 1.82) is 0 Å². The number of carbonyl (C=O) groups excluding carboxylic acids is 1. The molecule has 0 saturated heterocycles. The molecule has 2 aromatic carbocycles. The lowest BCUT2D eigenvalue weighted by atomic mass is 9.75. The quantitative estimate of drug-likeness (QED) is 0.557. The number of nitrogens with zero attached hydrogens (tertiary/aromatic N) is 2. The van der Waals surface area contributed by atoms with Gasteiger partial charge in [0.1, 0.15) is 22.9 Å². The van der Waals surface area contributed by atoms with Gasteiger partial charge in [-0.25, -0.2) is 9.37 Å². The molecule has 0 spiro atoms. The zero-order chi connectivity index (χ0) is 23.5. The first-order chi connectivity index (χ1) is 15.6. The zero-order valence-corrected chi connectivity index (χ0v) is 19.1. The molecule has 0 atom stereocenters. The second-order valence-electron chi connectivity index (χ2n) is 9.28. The van der Waals surface area contributed by atoms with Gasteiger partial charge in [-0.05, 0) is 61.9 Å². The molecular weight excluding hydrogens is 441 g/mol. The van der Waals surface area contributed by atoms with Crippen LogP contribution in [0.1, 0.15) is 71.5 Å². The minimum Gasteiger partial charge on any atom is -0.378 e. The molecule has 1 aromatic heterocycles. The van der Waals surface area contributed by atoms with Gasteiger partial charge in [0.2, 0.25) is 0 Å². The molecule has 33 heavy (non-hydrogen) atoms. The highest BCUT2D eigenvalue weighted by molar-refractivity contribution is 6.31. The maximum atomic E-state index is 14.9. The first-order valence-corrected chi connectivity index (χ1v) is 11.2. The Morgan fingerprint density at radius 2 is 2.06 bits per heavy atom. The van der Waals surface area contributed by atoms with E-state index in [4.69, 9.17) is 17.3 Å². The van der Waals surface area contributed by atoms with Crippen LogP contribution in [0.3, 0.4) is 0 Å². The molecule has 2 aliphatic heterocycles. The van der Waals surface area contributed by atoms with Gasteiger partial charge >= 0.3 is 0 Å². The third kappa shape index (κ3) is 3.82. The number of aromatic nitrogens is 2. The Kier molecular flexibility index (Phi) is 5.08. The lowest BCUT2D eigenvalue weighted by Gasteiger charge is -2.35. The summed E-state index contributed by atoms with van der Waals surface area (Å²) >= 11 is 6.40. The lowest BCUT2D eigenvalue weighted by Crippen LogP contribution is -2.25. The van der Waals surface area contributed by atoms with Gasteiger partial charge in [0.25, 0.3) is 5.91 Å². The molecule has 3 heterocycles. The molecule has 7 heteroatoms. The molecule has 2 bridgehead atoms. The average Bonchev–Trinajstić information content (AvgIpc) is 2.94. The normalized spacial score (nSPS) is 18.3. The predicted molar refractivity (Wildman–Crippen MR) is 125 cm³/mol. The van der Waals surface area contributed by atoms with Crippen LogP contribution in [0.25, 0.3) is 11.4 Å². The summed E-state index contributed by atoms with van der Waals surface area (Å²) in [7, 11) is 0.